The molecule has 4 nitrogen and oxygen atoms in total. The van der Waals surface area contributed by atoms with Gasteiger partial charge in [-0.05, 0) is 30.7 Å². The van der Waals surface area contributed by atoms with Gasteiger partial charge in [-0.2, -0.15) is 0 Å². The van der Waals surface area contributed by atoms with Gasteiger partial charge in [0, 0.05) is 22.6 Å². The number of fused-ring (bicyclic) bond motifs is 1. The van der Waals surface area contributed by atoms with Gasteiger partial charge in [0.2, 0.25) is 15.7 Å². The molecule has 0 unspecified atom stereocenters. The topological polar surface area (TPSA) is 63.2 Å². The lowest BCUT2D eigenvalue weighted by Crippen LogP contribution is -2.24. The molecule has 1 aliphatic heterocycles. The first-order valence-corrected chi connectivity index (χ1v) is 10.7. The van der Waals surface area contributed by atoms with Crippen LogP contribution < -0.4 is 5.32 Å². The molecule has 4 rings (SSSR count). The molecule has 0 spiro atoms. The second-order valence-electron chi connectivity index (χ2n) is 6.48. The Kier molecular flexibility index (Phi) is 4.36. The molecule has 1 aromatic heterocycles. The van der Waals surface area contributed by atoms with Gasteiger partial charge in [0.1, 0.15) is 10.7 Å². The van der Waals surface area contributed by atoms with Gasteiger partial charge >= 0.3 is 0 Å². The first-order chi connectivity index (χ1) is 12.9. The largest absolute Gasteiger partial charge is 0.324 e. The second kappa shape index (κ2) is 6.58. The van der Waals surface area contributed by atoms with Crippen molar-refractivity contribution in [3.63, 3.8) is 0 Å². The minimum atomic E-state index is -3.79. The standard InChI is InChI=1S/C20H16FNO3S2/c1-12-6-8-13(9-7-12)27(24,25)17-11-26-20-15(10-18(23)22-19(17)20)14-4-2-3-5-16(14)21/h2-9,11,15H,10H2,1H3,(H,22,23)/t15-/m1/s1. The molecule has 1 aliphatic rings. The highest BCUT2D eigenvalue weighted by molar-refractivity contribution is 7.91. The van der Waals surface area contributed by atoms with Crippen molar-refractivity contribution in [3.8, 4) is 0 Å². The zero-order chi connectivity index (χ0) is 19.2. The minimum absolute atomic E-state index is 0.0562. The Hall–Kier alpha value is -2.51. The highest BCUT2D eigenvalue weighted by atomic mass is 32.2. The summed E-state index contributed by atoms with van der Waals surface area (Å²) in [6, 6.07) is 12.8. The maximum absolute atomic E-state index is 14.3. The lowest BCUT2D eigenvalue weighted by Gasteiger charge is -2.24. The molecule has 7 heteroatoms. The predicted molar refractivity (Wildman–Crippen MR) is 102 cm³/mol. The average Bonchev–Trinajstić information content (AvgIpc) is 3.06. The summed E-state index contributed by atoms with van der Waals surface area (Å²) >= 11 is 1.23. The van der Waals surface area contributed by atoms with E-state index in [4.69, 9.17) is 0 Å². The zero-order valence-corrected chi connectivity index (χ0v) is 16.0. The Morgan fingerprint density at radius 3 is 2.52 bits per heavy atom. The van der Waals surface area contributed by atoms with Crippen LogP contribution in [0.15, 0.2) is 63.7 Å². The fourth-order valence-corrected chi connectivity index (χ4v) is 6.15. The summed E-state index contributed by atoms with van der Waals surface area (Å²) < 4.78 is 40.4. The van der Waals surface area contributed by atoms with Gasteiger partial charge in [0.05, 0.1) is 10.6 Å². The summed E-state index contributed by atoms with van der Waals surface area (Å²) in [5.41, 5.74) is 1.62. The number of amides is 1. The zero-order valence-electron chi connectivity index (χ0n) is 14.4. The molecule has 27 heavy (non-hydrogen) atoms. The number of halogens is 1. The van der Waals surface area contributed by atoms with E-state index in [9.17, 15) is 17.6 Å². The molecule has 0 aliphatic carbocycles. The number of carbonyl (C=O) groups is 1. The van der Waals surface area contributed by atoms with E-state index >= 15 is 0 Å². The number of nitrogens with one attached hydrogen (secondary N) is 1. The van der Waals surface area contributed by atoms with E-state index in [1.807, 2.05) is 6.92 Å². The van der Waals surface area contributed by atoms with Crippen molar-refractivity contribution in [1.82, 2.24) is 0 Å². The Morgan fingerprint density at radius 2 is 1.81 bits per heavy atom. The Labute approximate surface area is 160 Å². The van der Waals surface area contributed by atoms with E-state index < -0.39 is 21.6 Å². The third-order valence-electron chi connectivity index (χ3n) is 4.66. The van der Waals surface area contributed by atoms with Gasteiger partial charge in [0.25, 0.3) is 0 Å². The smallest absolute Gasteiger partial charge is 0.225 e. The molecular formula is C20H16FNO3S2. The Balaban J connectivity index is 1.85. The molecule has 138 valence electrons. The first kappa shape index (κ1) is 17.9. The van der Waals surface area contributed by atoms with Gasteiger partial charge < -0.3 is 5.32 Å². The van der Waals surface area contributed by atoms with Crippen LogP contribution in [0.4, 0.5) is 10.1 Å². The van der Waals surface area contributed by atoms with E-state index in [0.29, 0.717) is 10.4 Å². The van der Waals surface area contributed by atoms with E-state index in [0.717, 1.165) is 5.56 Å². The second-order valence-corrected chi connectivity index (χ2v) is 9.31. The Morgan fingerprint density at radius 1 is 1.11 bits per heavy atom. The number of thiophene rings is 1. The fraction of sp³-hybridized carbons (Fsp3) is 0.150. The van der Waals surface area contributed by atoms with Crippen molar-refractivity contribution in [2.75, 3.05) is 5.32 Å². The fourth-order valence-electron chi connectivity index (χ4n) is 3.26. The van der Waals surface area contributed by atoms with Crippen molar-refractivity contribution < 1.29 is 17.6 Å². The number of aryl methyl sites for hydroxylation is 1. The number of hydrogen-bond donors (Lipinski definition) is 1. The van der Waals surface area contributed by atoms with Gasteiger partial charge in [-0.3, -0.25) is 4.79 Å². The lowest BCUT2D eigenvalue weighted by molar-refractivity contribution is -0.116. The van der Waals surface area contributed by atoms with Crippen LogP contribution in [-0.4, -0.2) is 14.3 Å². The van der Waals surface area contributed by atoms with Crippen molar-refractivity contribution in [1.29, 1.82) is 0 Å². The number of anilines is 1. The number of carbonyl (C=O) groups excluding carboxylic acids is 1. The quantitative estimate of drug-likeness (QED) is 0.703. The van der Waals surface area contributed by atoms with Crippen LogP contribution in [0.2, 0.25) is 0 Å². The predicted octanol–water partition coefficient (Wildman–Crippen LogP) is 4.50. The molecule has 2 heterocycles. The lowest BCUT2D eigenvalue weighted by atomic mass is 9.90. The first-order valence-electron chi connectivity index (χ1n) is 8.35. The van der Waals surface area contributed by atoms with Crippen molar-refractivity contribution in [3.05, 3.63) is 75.7 Å². The molecule has 1 atom stereocenters. The van der Waals surface area contributed by atoms with Gasteiger partial charge in [-0.25, -0.2) is 12.8 Å². The normalized spacial score (nSPS) is 16.7. The van der Waals surface area contributed by atoms with Crippen molar-refractivity contribution in [2.45, 2.75) is 29.1 Å². The summed E-state index contributed by atoms with van der Waals surface area (Å²) in [4.78, 5) is 13.1. The van der Waals surface area contributed by atoms with Gasteiger partial charge in [0.15, 0.2) is 0 Å². The minimum Gasteiger partial charge on any atom is -0.324 e. The number of benzene rings is 2. The molecule has 0 saturated carbocycles. The van der Waals surface area contributed by atoms with Crippen LogP contribution >= 0.6 is 11.3 Å². The molecule has 3 aromatic rings. The molecule has 0 radical (unpaired) electrons. The van der Waals surface area contributed by atoms with Crippen LogP contribution in [0.25, 0.3) is 0 Å². The summed E-state index contributed by atoms with van der Waals surface area (Å²) in [7, 11) is -3.79. The van der Waals surface area contributed by atoms with E-state index in [1.54, 1.807) is 42.5 Å². The van der Waals surface area contributed by atoms with E-state index in [1.165, 1.54) is 22.8 Å². The molecule has 2 aromatic carbocycles. The Bertz CT molecular complexity index is 1130. The van der Waals surface area contributed by atoms with Crippen LogP contribution in [-0.2, 0) is 14.6 Å². The van der Waals surface area contributed by atoms with Crippen molar-refractivity contribution >= 4 is 32.8 Å². The van der Waals surface area contributed by atoms with Crippen molar-refractivity contribution in [2.24, 2.45) is 0 Å². The van der Waals surface area contributed by atoms with Gasteiger partial charge in [-0.1, -0.05) is 35.9 Å². The van der Waals surface area contributed by atoms with E-state index in [-0.39, 0.29) is 27.8 Å². The highest BCUT2D eigenvalue weighted by Gasteiger charge is 2.35. The monoisotopic (exact) mass is 401 g/mol. The van der Waals surface area contributed by atoms with Crippen LogP contribution in [0.5, 0.6) is 0 Å². The van der Waals surface area contributed by atoms with Crippen LogP contribution in [0.1, 0.15) is 28.3 Å². The molecular weight excluding hydrogens is 385 g/mol. The third kappa shape index (κ3) is 3.07. The molecule has 1 N–H and O–H groups in total. The number of rotatable bonds is 3. The van der Waals surface area contributed by atoms with Crippen LogP contribution in [0.3, 0.4) is 0 Å². The summed E-state index contributed by atoms with van der Waals surface area (Å²) in [5.74, 6) is -1.23. The number of sulfone groups is 1. The molecule has 0 saturated heterocycles. The number of hydrogen-bond acceptors (Lipinski definition) is 4. The van der Waals surface area contributed by atoms with Crippen LogP contribution in [0, 0.1) is 12.7 Å². The summed E-state index contributed by atoms with van der Waals surface area (Å²) in [6.07, 6.45) is 0.0818. The SMILES string of the molecule is Cc1ccc(S(=O)(=O)c2csc3c2NC(=O)C[C@@H]3c2ccccc2F)cc1. The highest BCUT2D eigenvalue weighted by Crippen LogP contribution is 2.46. The maximum atomic E-state index is 14.3. The third-order valence-corrected chi connectivity index (χ3v) is 7.70. The molecule has 1 amide bonds. The average molecular weight is 401 g/mol. The summed E-state index contributed by atoms with van der Waals surface area (Å²) in [5, 5.41) is 4.21. The molecule has 0 bridgehead atoms. The van der Waals surface area contributed by atoms with E-state index in [2.05, 4.69) is 5.32 Å². The maximum Gasteiger partial charge on any atom is 0.225 e. The van der Waals surface area contributed by atoms with Gasteiger partial charge in [-0.15, -0.1) is 11.3 Å². The summed E-state index contributed by atoms with van der Waals surface area (Å²) in [6.45, 7) is 1.88. The molecule has 0 fully saturated rings.